The van der Waals surface area contributed by atoms with Crippen LogP contribution in [0.15, 0.2) is 48.5 Å². The normalized spacial score (nSPS) is 13.0. The molecule has 0 aliphatic rings. The van der Waals surface area contributed by atoms with Gasteiger partial charge in [0.1, 0.15) is 0 Å². The Morgan fingerprint density at radius 2 is 1.71 bits per heavy atom. The maximum Gasteiger partial charge on any atom is 0.416 e. The SMILES string of the molecule is CC(C)[C@H](C(=O)Nc1cccc(C(F)(F)F)c1)c1ccc(Cl)cc1. The van der Waals surface area contributed by atoms with Gasteiger partial charge >= 0.3 is 6.18 Å². The second-order valence-electron chi connectivity index (χ2n) is 5.84. The van der Waals surface area contributed by atoms with E-state index >= 15 is 0 Å². The molecule has 0 aliphatic heterocycles. The summed E-state index contributed by atoms with van der Waals surface area (Å²) in [6.07, 6.45) is -4.45. The van der Waals surface area contributed by atoms with Gasteiger partial charge in [0.15, 0.2) is 0 Å². The molecular weight excluding hydrogens is 339 g/mol. The van der Waals surface area contributed by atoms with Crippen molar-refractivity contribution in [2.24, 2.45) is 5.92 Å². The van der Waals surface area contributed by atoms with E-state index < -0.39 is 17.7 Å². The molecular formula is C18H17ClF3NO. The van der Waals surface area contributed by atoms with Crippen LogP contribution in [-0.2, 0) is 11.0 Å². The summed E-state index contributed by atoms with van der Waals surface area (Å²) in [5, 5.41) is 3.13. The third-order valence-corrected chi connectivity index (χ3v) is 3.89. The van der Waals surface area contributed by atoms with E-state index in [1.165, 1.54) is 12.1 Å². The van der Waals surface area contributed by atoms with Crippen molar-refractivity contribution in [3.63, 3.8) is 0 Å². The minimum absolute atomic E-state index is 0.0306. The van der Waals surface area contributed by atoms with E-state index in [1.807, 2.05) is 13.8 Å². The molecule has 2 aromatic rings. The van der Waals surface area contributed by atoms with Crippen molar-refractivity contribution in [1.29, 1.82) is 0 Å². The van der Waals surface area contributed by atoms with Crippen LogP contribution in [-0.4, -0.2) is 5.91 Å². The number of alkyl halides is 3. The maximum absolute atomic E-state index is 12.8. The number of rotatable bonds is 4. The molecule has 2 nitrogen and oxygen atoms in total. The molecule has 0 saturated heterocycles. The molecule has 0 bridgehead atoms. The van der Waals surface area contributed by atoms with Crippen LogP contribution in [0, 0.1) is 5.92 Å². The molecule has 1 amide bonds. The molecule has 0 aromatic heterocycles. The summed E-state index contributed by atoms with van der Waals surface area (Å²) < 4.78 is 38.3. The van der Waals surface area contributed by atoms with Crippen LogP contribution >= 0.6 is 11.6 Å². The molecule has 24 heavy (non-hydrogen) atoms. The molecule has 1 N–H and O–H groups in total. The monoisotopic (exact) mass is 355 g/mol. The molecule has 0 unspecified atom stereocenters. The fraction of sp³-hybridized carbons (Fsp3) is 0.278. The fourth-order valence-electron chi connectivity index (χ4n) is 2.50. The standard InChI is InChI=1S/C18H17ClF3NO/c1-11(2)16(12-6-8-14(19)9-7-12)17(24)23-15-5-3-4-13(10-15)18(20,21)22/h3-11,16H,1-2H3,(H,23,24)/t16-/m0/s1. The highest BCUT2D eigenvalue weighted by atomic mass is 35.5. The van der Waals surface area contributed by atoms with Gasteiger partial charge in [-0.05, 0) is 41.8 Å². The van der Waals surface area contributed by atoms with Gasteiger partial charge in [-0.2, -0.15) is 13.2 Å². The minimum atomic E-state index is -4.45. The van der Waals surface area contributed by atoms with Gasteiger partial charge in [0.25, 0.3) is 0 Å². The number of hydrogen-bond acceptors (Lipinski definition) is 1. The van der Waals surface area contributed by atoms with Crippen LogP contribution in [0.1, 0.15) is 30.9 Å². The molecule has 0 heterocycles. The van der Waals surface area contributed by atoms with Gasteiger partial charge in [-0.1, -0.05) is 43.6 Å². The molecule has 128 valence electrons. The highest BCUT2D eigenvalue weighted by molar-refractivity contribution is 6.30. The predicted octanol–water partition coefficient (Wildman–Crippen LogP) is 5.74. The van der Waals surface area contributed by atoms with Crippen LogP contribution < -0.4 is 5.32 Å². The van der Waals surface area contributed by atoms with Gasteiger partial charge in [0, 0.05) is 10.7 Å². The average molecular weight is 356 g/mol. The number of anilines is 1. The Kier molecular flexibility index (Phi) is 5.54. The number of amides is 1. The van der Waals surface area contributed by atoms with Crippen LogP contribution in [0.4, 0.5) is 18.9 Å². The number of hydrogen-bond donors (Lipinski definition) is 1. The van der Waals surface area contributed by atoms with Crippen molar-refractivity contribution in [3.8, 4) is 0 Å². The van der Waals surface area contributed by atoms with Crippen molar-refractivity contribution < 1.29 is 18.0 Å². The Morgan fingerprint density at radius 1 is 1.08 bits per heavy atom. The summed E-state index contributed by atoms with van der Waals surface area (Å²) >= 11 is 5.86. The van der Waals surface area contributed by atoms with E-state index in [2.05, 4.69) is 5.32 Å². The highest BCUT2D eigenvalue weighted by Gasteiger charge is 2.31. The average Bonchev–Trinajstić information content (AvgIpc) is 2.48. The van der Waals surface area contributed by atoms with E-state index in [1.54, 1.807) is 24.3 Å². The van der Waals surface area contributed by atoms with E-state index in [4.69, 9.17) is 11.6 Å². The molecule has 0 saturated carbocycles. The highest BCUT2D eigenvalue weighted by Crippen LogP contribution is 2.32. The first-order chi connectivity index (χ1) is 11.2. The fourth-order valence-corrected chi connectivity index (χ4v) is 2.63. The van der Waals surface area contributed by atoms with Gasteiger partial charge in [0.05, 0.1) is 11.5 Å². The van der Waals surface area contributed by atoms with Gasteiger partial charge in [-0.3, -0.25) is 4.79 Å². The molecule has 2 aromatic carbocycles. The Bertz CT molecular complexity index is 711. The third kappa shape index (κ3) is 4.51. The van der Waals surface area contributed by atoms with E-state index in [0.717, 1.165) is 17.7 Å². The topological polar surface area (TPSA) is 29.1 Å². The zero-order valence-electron chi connectivity index (χ0n) is 13.2. The van der Waals surface area contributed by atoms with Gasteiger partial charge < -0.3 is 5.32 Å². The van der Waals surface area contributed by atoms with Crippen LogP contribution in [0.5, 0.6) is 0 Å². The number of carbonyl (C=O) groups excluding carboxylic acids is 1. The molecule has 0 spiro atoms. The zero-order valence-corrected chi connectivity index (χ0v) is 13.9. The first kappa shape index (κ1) is 18.3. The second-order valence-corrected chi connectivity index (χ2v) is 6.28. The summed E-state index contributed by atoms with van der Waals surface area (Å²) in [7, 11) is 0. The Labute approximate surface area is 143 Å². The smallest absolute Gasteiger partial charge is 0.326 e. The number of carbonyl (C=O) groups is 1. The lowest BCUT2D eigenvalue weighted by molar-refractivity contribution is -0.137. The maximum atomic E-state index is 12.8. The molecule has 1 atom stereocenters. The van der Waals surface area contributed by atoms with Crippen LogP contribution in [0.25, 0.3) is 0 Å². The van der Waals surface area contributed by atoms with E-state index in [0.29, 0.717) is 5.02 Å². The van der Waals surface area contributed by atoms with E-state index in [-0.39, 0.29) is 17.5 Å². The molecule has 6 heteroatoms. The zero-order chi connectivity index (χ0) is 17.9. The summed E-state index contributed by atoms with van der Waals surface area (Å²) in [4.78, 5) is 12.6. The predicted molar refractivity (Wildman–Crippen MR) is 89.1 cm³/mol. The van der Waals surface area contributed by atoms with Gasteiger partial charge in [-0.25, -0.2) is 0 Å². The van der Waals surface area contributed by atoms with Crippen LogP contribution in [0.2, 0.25) is 5.02 Å². The number of nitrogens with one attached hydrogen (secondary N) is 1. The number of halogens is 4. The molecule has 0 fully saturated rings. The molecule has 0 radical (unpaired) electrons. The van der Waals surface area contributed by atoms with Crippen molar-refractivity contribution in [2.75, 3.05) is 5.32 Å². The van der Waals surface area contributed by atoms with Gasteiger partial charge in [-0.15, -0.1) is 0 Å². The lowest BCUT2D eigenvalue weighted by Crippen LogP contribution is -2.25. The van der Waals surface area contributed by atoms with Crippen molar-refractivity contribution in [3.05, 3.63) is 64.7 Å². The quantitative estimate of drug-likeness (QED) is 0.744. The summed E-state index contributed by atoms with van der Waals surface area (Å²) in [5.74, 6) is -0.875. The summed E-state index contributed by atoms with van der Waals surface area (Å²) in [6.45, 7) is 3.76. The van der Waals surface area contributed by atoms with Crippen molar-refractivity contribution in [1.82, 2.24) is 0 Å². The van der Waals surface area contributed by atoms with Crippen LogP contribution in [0.3, 0.4) is 0 Å². The van der Waals surface area contributed by atoms with Crippen molar-refractivity contribution in [2.45, 2.75) is 25.9 Å². The van der Waals surface area contributed by atoms with Crippen molar-refractivity contribution >= 4 is 23.2 Å². The van der Waals surface area contributed by atoms with Gasteiger partial charge in [0.2, 0.25) is 5.91 Å². The summed E-state index contributed by atoms with van der Waals surface area (Å²) in [5.41, 5.74) is 0.0844. The van der Waals surface area contributed by atoms with E-state index in [9.17, 15) is 18.0 Å². The molecule has 0 aliphatic carbocycles. The third-order valence-electron chi connectivity index (χ3n) is 3.64. The Morgan fingerprint density at radius 3 is 2.25 bits per heavy atom. The minimum Gasteiger partial charge on any atom is -0.326 e. The lowest BCUT2D eigenvalue weighted by atomic mass is 9.87. The summed E-state index contributed by atoms with van der Waals surface area (Å²) in [6, 6.07) is 11.5. The first-order valence-electron chi connectivity index (χ1n) is 7.42. The lowest BCUT2D eigenvalue weighted by Gasteiger charge is -2.21. The largest absolute Gasteiger partial charge is 0.416 e. The molecule has 2 rings (SSSR count). The Balaban J connectivity index is 2.24. The number of benzene rings is 2. The first-order valence-corrected chi connectivity index (χ1v) is 7.80. The Hall–Kier alpha value is -2.01. The second kappa shape index (κ2) is 7.26.